The van der Waals surface area contributed by atoms with E-state index in [1.165, 1.54) is 11.5 Å². The summed E-state index contributed by atoms with van der Waals surface area (Å²) in [7, 11) is 0. The van der Waals surface area contributed by atoms with Gasteiger partial charge in [-0.25, -0.2) is 4.98 Å². The van der Waals surface area contributed by atoms with Crippen LogP contribution in [-0.2, 0) is 4.74 Å². The van der Waals surface area contributed by atoms with Crippen LogP contribution in [0.1, 0.15) is 18.4 Å². The van der Waals surface area contributed by atoms with E-state index in [0.717, 1.165) is 21.3 Å². The van der Waals surface area contributed by atoms with Crippen molar-refractivity contribution < 1.29 is 9.84 Å². The monoisotopic (exact) mass is 326 g/mol. The van der Waals surface area contributed by atoms with Crippen LogP contribution < -0.4 is 11.1 Å². The van der Waals surface area contributed by atoms with Gasteiger partial charge >= 0.3 is 0 Å². The topological polar surface area (TPSA) is 93.3 Å². The number of aryl methyl sites for hydroxylation is 1. The minimum Gasteiger partial charge on any atom is -0.385 e. The Labute approximate surface area is 131 Å². The fourth-order valence-electron chi connectivity index (χ4n) is 2.39. The summed E-state index contributed by atoms with van der Waals surface area (Å²) in [6.45, 7) is 4.84. The summed E-state index contributed by atoms with van der Waals surface area (Å²) in [4.78, 5) is 4.46. The lowest BCUT2D eigenvalue weighted by molar-refractivity contribution is -0.0175. The summed E-state index contributed by atoms with van der Waals surface area (Å²) in [5.41, 5.74) is 6.76. The van der Waals surface area contributed by atoms with E-state index in [4.69, 9.17) is 10.5 Å². The molecule has 2 unspecified atom stereocenters. The largest absolute Gasteiger partial charge is 0.385 e. The van der Waals surface area contributed by atoms with Gasteiger partial charge in [0.05, 0.1) is 22.4 Å². The van der Waals surface area contributed by atoms with Crippen LogP contribution >= 0.6 is 22.9 Å². The van der Waals surface area contributed by atoms with Gasteiger partial charge in [-0.1, -0.05) is 0 Å². The molecule has 0 aromatic carbocycles. The number of thiazole rings is 1. The summed E-state index contributed by atoms with van der Waals surface area (Å²) < 4.78 is 9.64. The van der Waals surface area contributed by atoms with E-state index in [2.05, 4.69) is 14.7 Å². The Kier molecular flexibility index (Phi) is 3.87. The van der Waals surface area contributed by atoms with E-state index in [1.54, 1.807) is 11.3 Å². The first-order valence-corrected chi connectivity index (χ1v) is 8.40. The average molecular weight is 326 g/mol. The van der Waals surface area contributed by atoms with Crippen LogP contribution in [0.2, 0.25) is 0 Å². The van der Waals surface area contributed by atoms with Gasteiger partial charge in [0.2, 0.25) is 0 Å². The number of hydrogen-bond acceptors (Lipinski definition) is 8. The van der Waals surface area contributed by atoms with Crippen molar-refractivity contribution in [1.82, 2.24) is 9.36 Å². The highest BCUT2D eigenvalue weighted by Gasteiger charge is 2.39. The van der Waals surface area contributed by atoms with Gasteiger partial charge < -0.3 is 20.9 Å². The molecule has 0 saturated carbocycles. The third-order valence-electron chi connectivity index (χ3n) is 3.81. The molecule has 0 bridgehead atoms. The minimum absolute atomic E-state index is 0.180. The quantitative estimate of drug-likeness (QED) is 0.797. The second-order valence-corrected chi connectivity index (χ2v) is 7.08. The summed E-state index contributed by atoms with van der Waals surface area (Å²) in [6.07, 6.45) is 0.445. The molecule has 1 aliphatic rings. The maximum absolute atomic E-state index is 10.5. The lowest BCUT2D eigenvalue weighted by Crippen LogP contribution is -2.42. The summed E-state index contributed by atoms with van der Waals surface area (Å²) >= 11 is 2.87. The fraction of sp³-hybridized carbons (Fsp3) is 0.538. The van der Waals surface area contributed by atoms with Crippen LogP contribution in [0.15, 0.2) is 5.38 Å². The molecule has 0 radical (unpaired) electrons. The standard InChI is InChI=1S/C13H18N4O2S2/c1-7-13(18,3-4-19-7)6-15-12-10(11(14)17-21-12)9-5-20-8(2)16-9/h5,7,15,18H,3-4,6H2,1-2H3,(H2,14,17). The fourth-order valence-corrected chi connectivity index (χ4v) is 3.71. The van der Waals surface area contributed by atoms with Crippen molar-refractivity contribution in [2.24, 2.45) is 0 Å². The van der Waals surface area contributed by atoms with Crippen LogP contribution in [0.3, 0.4) is 0 Å². The zero-order valence-corrected chi connectivity index (χ0v) is 13.6. The third kappa shape index (κ3) is 2.76. The Bertz CT molecular complexity index is 642. The van der Waals surface area contributed by atoms with E-state index in [9.17, 15) is 5.11 Å². The zero-order valence-electron chi connectivity index (χ0n) is 11.9. The lowest BCUT2D eigenvalue weighted by atomic mass is 9.97. The van der Waals surface area contributed by atoms with E-state index in [1.807, 2.05) is 19.2 Å². The molecular weight excluding hydrogens is 308 g/mol. The number of hydrogen-bond donors (Lipinski definition) is 3. The molecule has 1 saturated heterocycles. The number of nitrogens with two attached hydrogens (primary N) is 1. The molecule has 3 rings (SSSR count). The van der Waals surface area contributed by atoms with Crippen molar-refractivity contribution in [2.45, 2.75) is 32.0 Å². The predicted molar refractivity (Wildman–Crippen MR) is 85.8 cm³/mol. The maximum Gasteiger partial charge on any atom is 0.148 e. The van der Waals surface area contributed by atoms with Gasteiger partial charge in [-0.15, -0.1) is 11.3 Å². The Morgan fingerprint density at radius 1 is 1.62 bits per heavy atom. The van der Waals surface area contributed by atoms with Crippen molar-refractivity contribution >= 4 is 33.7 Å². The molecule has 21 heavy (non-hydrogen) atoms. The molecule has 0 spiro atoms. The first-order chi connectivity index (χ1) is 9.99. The first kappa shape index (κ1) is 14.7. The molecule has 8 heteroatoms. The molecular formula is C13H18N4O2S2. The Hall–Kier alpha value is -1.22. The SMILES string of the molecule is Cc1nc(-c2c(N)nsc2NCC2(O)CCOC2C)cs1. The zero-order chi connectivity index (χ0) is 15.0. The summed E-state index contributed by atoms with van der Waals surface area (Å²) in [5, 5.41) is 17.6. The molecule has 3 heterocycles. The Balaban J connectivity index is 1.81. The van der Waals surface area contributed by atoms with Gasteiger partial charge in [0.15, 0.2) is 0 Å². The number of rotatable bonds is 4. The first-order valence-electron chi connectivity index (χ1n) is 6.75. The van der Waals surface area contributed by atoms with Crippen molar-refractivity contribution in [1.29, 1.82) is 0 Å². The van der Waals surface area contributed by atoms with Gasteiger partial charge in [0.1, 0.15) is 16.4 Å². The van der Waals surface area contributed by atoms with Gasteiger partial charge in [-0.2, -0.15) is 4.37 Å². The summed E-state index contributed by atoms with van der Waals surface area (Å²) in [5.74, 6) is 0.468. The molecule has 6 nitrogen and oxygen atoms in total. The van der Waals surface area contributed by atoms with Gasteiger partial charge in [-0.3, -0.25) is 0 Å². The molecule has 1 fully saturated rings. The second kappa shape index (κ2) is 5.53. The van der Waals surface area contributed by atoms with Crippen LogP contribution in [0.5, 0.6) is 0 Å². The molecule has 0 amide bonds. The van der Waals surface area contributed by atoms with Crippen molar-refractivity contribution in [2.75, 3.05) is 24.2 Å². The molecule has 114 valence electrons. The van der Waals surface area contributed by atoms with E-state index in [0.29, 0.717) is 25.4 Å². The van der Waals surface area contributed by atoms with E-state index >= 15 is 0 Å². The minimum atomic E-state index is -0.853. The highest BCUT2D eigenvalue weighted by molar-refractivity contribution is 7.11. The van der Waals surface area contributed by atoms with Gasteiger partial charge in [0.25, 0.3) is 0 Å². The number of ether oxygens (including phenoxy) is 1. The Morgan fingerprint density at radius 3 is 3.05 bits per heavy atom. The number of nitrogens with one attached hydrogen (secondary N) is 1. The number of anilines is 2. The smallest absolute Gasteiger partial charge is 0.148 e. The van der Waals surface area contributed by atoms with Gasteiger partial charge in [-0.05, 0) is 25.4 Å². The number of nitrogen functional groups attached to an aromatic ring is 1. The third-order valence-corrected chi connectivity index (χ3v) is 5.40. The normalized spacial score (nSPS) is 25.4. The molecule has 0 aliphatic carbocycles. The maximum atomic E-state index is 10.5. The predicted octanol–water partition coefficient (Wildman–Crippen LogP) is 2.11. The summed E-state index contributed by atoms with van der Waals surface area (Å²) in [6, 6.07) is 0. The lowest BCUT2D eigenvalue weighted by Gasteiger charge is -2.26. The highest BCUT2D eigenvalue weighted by atomic mass is 32.1. The second-order valence-electron chi connectivity index (χ2n) is 5.24. The van der Waals surface area contributed by atoms with Crippen LogP contribution in [0, 0.1) is 6.92 Å². The van der Waals surface area contributed by atoms with Crippen molar-refractivity contribution in [3.8, 4) is 11.3 Å². The number of nitrogens with zero attached hydrogens (tertiary/aromatic N) is 2. The van der Waals surface area contributed by atoms with Crippen LogP contribution in [0.4, 0.5) is 10.8 Å². The molecule has 4 N–H and O–H groups in total. The Morgan fingerprint density at radius 2 is 2.43 bits per heavy atom. The molecule has 2 atom stereocenters. The van der Waals surface area contributed by atoms with Crippen LogP contribution in [0.25, 0.3) is 11.3 Å². The van der Waals surface area contributed by atoms with Crippen LogP contribution in [-0.4, -0.2) is 39.3 Å². The number of aromatic nitrogens is 2. The van der Waals surface area contributed by atoms with E-state index in [-0.39, 0.29) is 6.10 Å². The van der Waals surface area contributed by atoms with Crippen molar-refractivity contribution in [3.63, 3.8) is 0 Å². The molecule has 2 aromatic rings. The van der Waals surface area contributed by atoms with Crippen molar-refractivity contribution in [3.05, 3.63) is 10.4 Å². The van der Waals surface area contributed by atoms with E-state index < -0.39 is 5.60 Å². The highest BCUT2D eigenvalue weighted by Crippen LogP contribution is 2.38. The molecule has 1 aliphatic heterocycles. The van der Waals surface area contributed by atoms with Gasteiger partial charge in [0, 0.05) is 25.0 Å². The number of aliphatic hydroxyl groups is 1. The molecule has 2 aromatic heterocycles. The average Bonchev–Trinajstić information content (AvgIpc) is 3.10.